The maximum Gasteiger partial charge on any atom is 0.326 e. The molecule has 0 fully saturated rings. The van der Waals surface area contributed by atoms with Crippen molar-refractivity contribution in [3.8, 4) is 0 Å². The first-order valence-electron chi connectivity index (χ1n) is 12.8. The van der Waals surface area contributed by atoms with E-state index >= 15 is 0 Å². The van der Waals surface area contributed by atoms with Gasteiger partial charge in [0.1, 0.15) is 18.7 Å². The Labute approximate surface area is 241 Å². The van der Waals surface area contributed by atoms with Gasteiger partial charge in [-0.15, -0.1) is 0 Å². The zero-order chi connectivity index (χ0) is 32.1. The molecule has 0 aromatic heterocycles. The molecule has 0 aromatic rings. The van der Waals surface area contributed by atoms with E-state index in [2.05, 4.69) is 16.0 Å². The summed E-state index contributed by atoms with van der Waals surface area (Å²) in [6, 6.07) is -2.53. The second-order valence-corrected chi connectivity index (χ2v) is 10.7. The molecule has 0 aliphatic carbocycles. The van der Waals surface area contributed by atoms with Crippen molar-refractivity contribution < 1.29 is 66.8 Å². The molecule has 42 heavy (non-hydrogen) atoms. The highest BCUT2D eigenvalue weighted by Crippen LogP contribution is 2.01. The van der Waals surface area contributed by atoms with Crippen LogP contribution in [0.25, 0.3) is 0 Å². The van der Waals surface area contributed by atoms with Gasteiger partial charge in [0.15, 0.2) is 0 Å². The van der Waals surface area contributed by atoms with Crippen LogP contribution in [0.15, 0.2) is 0 Å². The number of carboxylic acids is 3. The Balaban J connectivity index is 3.97. The molecule has 240 valence electrons. The lowest BCUT2D eigenvalue weighted by atomic mass is 10.1. The van der Waals surface area contributed by atoms with Crippen molar-refractivity contribution in [2.75, 3.05) is 38.7 Å². The highest BCUT2D eigenvalue weighted by molar-refractivity contribution is 7.90. The third-order valence-electron chi connectivity index (χ3n) is 5.10. The Morgan fingerprint density at radius 3 is 1.98 bits per heavy atom. The lowest BCUT2D eigenvalue weighted by Crippen LogP contribution is -2.44. The topological polar surface area (TPSA) is 281 Å². The van der Waals surface area contributed by atoms with E-state index in [1.807, 2.05) is 4.72 Å². The van der Waals surface area contributed by atoms with Crippen LogP contribution in [0.5, 0.6) is 0 Å². The van der Waals surface area contributed by atoms with Gasteiger partial charge in [0.05, 0.1) is 25.6 Å². The normalized spacial score (nSPS) is 12.4. The van der Waals surface area contributed by atoms with Crippen LogP contribution in [-0.2, 0) is 53.1 Å². The van der Waals surface area contributed by atoms with E-state index in [9.17, 15) is 47.1 Å². The van der Waals surface area contributed by atoms with Gasteiger partial charge in [-0.25, -0.2) is 13.2 Å². The number of sulfonamides is 1. The fraction of sp³-hybridized carbons (Fsp3) is 0.696. The van der Waals surface area contributed by atoms with Crippen molar-refractivity contribution in [1.82, 2.24) is 20.7 Å². The van der Waals surface area contributed by atoms with E-state index in [0.717, 1.165) is 0 Å². The van der Waals surface area contributed by atoms with E-state index in [-0.39, 0.29) is 71.3 Å². The molecule has 0 spiro atoms. The molecular formula is C23H38N4O14S. The summed E-state index contributed by atoms with van der Waals surface area (Å²) >= 11 is 0. The number of amides is 4. The monoisotopic (exact) mass is 626 g/mol. The fourth-order valence-electron chi connectivity index (χ4n) is 2.98. The molecule has 0 bridgehead atoms. The van der Waals surface area contributed by atoms with Crippen LogP contribution in [-0.4, -0.2) is 116 Å². The molecule has 0 aliphatic heterocycles. The summed E-state index contributed by atoms with van der Waals surface area (Å²) < 4.78 is 35.8. The molecular weight excluding hydrogens is 588 g/mol. The standard InChI is InChI=1S/C23H38N4O14S/c1-15(22(34)35)25-18(29)8-7-16(23(36)37)26-20(31)14-41-12-11-40-10-9-24-17(28)5-3-13-42(38,39)27-19(30)4-2-6-21(32)33/h15-16H,2-14H2,1H3,(H,24,28)(H,25,29)(H,26,31)(H,27,30)(H,32,33)(H,34,35)(H,36,37)/t15-,16-/m0/s1. The largest absolute Gasteiger partial charge is 0.481 e. The van der Waals surface area contributed by atoms with Crippen LogP contribution in [0.1, 0.15) is 51.9 Å². The number of nitrogens with one attached hydrogen (secondary N) is 4. The zero-order valence-corrected chi connectivity index (χ0v) is 23.9. The van der Waals surface area contributed by atoms with Crippen molar-refractivity contribution in [3.05, 3.63) is 0 Å². The first-order chi connectivity index (χ1) is 19.6. The molecule has 4 amide bonds. The van der Waals surface area contributed by atoms with Gasteiger partial charge < -0.3 is 40.7 Å². The maximum atomic E-state index is 11.9. The smallest absolute Gasteiger partial charge is 0.326 e. The molecule has 18 nitrogen and oxygen atoms in total. The molecule has 2 atom stereocenters. The van der Waals surface area contributed by atoms with Gasteiger partial charge in [-0.2, -0.15) is 0 Å². The third kappa shape index (κ3) is 21.0. The minimum absolute atomic E-state index is 0.00239. The van der Waals surface area contributed by atoms with Gasteiger partial charge in [-0.3, -0.25) is 33.5 Å². The Kier molecular flexibility index (Phi) is 19.0. The van der Waals surface area contributed by atoms with Crippen LogP contribution in [0.3, 0.4) is 0 Å². The van der Waals surface area contributed by atoms with Crippen LogP contribution in [0.2, 0.25) is 0 Å². The summed E-state index contributed by atoms with van der Waals surface area (Å²) in [6.07, 6.45) is -1.30. The first-order valence-corrected chi connectivity index (χ1v) is 14.5. The van der Waals surface area contributed by atoms with Crippen molar-refractivity contribution >= 4 is 51.6 Å². The van der Waals surface area contributed by atoms with E-state index < -0.39 is 76.0 Å². The SMILES string of the molecule is C[C@H](NC(=O)CC[C@H](NC(=O)COCCOCCNC(=O)CCCS(=O)(=O)NC(=O)CCCC(=O)O)C(=O)O)C(=O)O. The minimum atomic E-state index is -3.95. The number of rotatable bonds is 24. The van der Waals surface area contributed by atoms with Crippen molar-refractivity contribution in [2.45, 2.75) is 64.0 Å². The first kappa shape index (κ1) is 38.2. The van der Waals surface area contributed by atoms with Gasteiger partial charge in [-0.1, -0.05) is 0 Å². The Morgan fingerprint density at radius 1 is 0.714 bits per heavy atom. The van der Waals surface area contributed by atoms with Crippen molar-refractivity contribution in [3.63, 3.8) is 0 Å². The van der Waals surface area contributed by atoms with Gasteiger partial charge in [0.2, 0.25) is 33.7 Å². The summed E-state index contributed by atoms with van der Waals surface area (Å²) in [6.45, 7) is 0.946. The molecule has 0 heterocycles. The number of aliphatic carboxylic acids is 3. The van der Waals surface area contributed by atoms with Gasteiger partial charge in [0.25, 0.3) is 0 Å². The predicted molar refractivity (Wildman–Crippen MR) is 141 cm³/mol. The van der Waals surface area contributed by atoms with Crippen LogP contribution in [0, 0.1) is 0 Å². The lowest BCUT2D eigenvalue weighted by Gasteiger charge is -2.15. The molecule has 0 radical (unpaired) electrons. The second-order valence-electron chi connectivity index (χ2n) is 8.83. The van der Waals surface area contributed by atoms with E-state index in [1.165, 1.54) is 6.92 Å². The molecule has 7 N–H and O–H groups in total. The molecule has 0 aliphatic rings. The summed E-state index contributed by atoms with van der Waals surface area (Å²) in [4.78, 5) is 79.4. The average Bonchev–Trinajstić information content (AvgIpc) is 2.87. The number of hydrogen-bond acceptors (Lipinski definition) is 11. The van der Waals surface area contributed by atoms with Crippen molar-refractivity contribution in [1.29, 1.82) is 0 Å². The minimum Gasteiger partial charge on any atom is -0.481 e. The van der Waals surface area contributed by atoms with Gasteiger partial charge in [-0.05, 0) is 26.2 Å². The maximum absolute atomic E-state index is 11.9. The number of carbonyl (C=O) groups excluding carboxylic acids is 4. The molecule has 19 heteroatoms. The Morgan fingerprint density at radius 2 is 1.36 bits per heavy atom. The fourth-order valence-corrected chi connectivity index (χ4v) is 4.05. The Hall–Kier alpha value is -3.84. The molecule has 0 aromatic carbocycles. The van der Waals surface area contributed by atoms with Gasteiger partial charge >= 0.3 is 17.9 Å². The highest BCUT2D eigenvalue weighted by Gasteiger charge is 2.22. The molecule has 0 rings (SSSR count). The zero-order valence-electron chi connectivity index (χ0n) is 23.1. The third-order valence-corrected chi connectivity index (χ3v) is 6.46. The molecule has 0 saturated carbocycles. The van der Waals surface area contributed by atoms with E-state index in [1.54, 1.807) is 0 Å². The number of hydrogen-bond donors (Lipinski definition) is 7. The summed E-state index contributed by atoms with van der Waals surface area (Å²) in [7, 11) is -3.95. The van der Waals surface area contributed by atoms with Crippen LogP contribution >= 0.6 is 0 Å². The Bertz CT molecular complexity index is 1050. The predicted octanol–water partition coefficient (Wildman–Crippen LogP) is -2.44. The number of carboxylic acid groups (broad SMARTS) is 3. The van der Waals surface area contributed by atoms with Gasteiger partial charge in [0, 0.05) is 32.2 Å². The summed E-state index contributed by atoms with van der Waals surface area (Å²) in [5.74, 6) is -6.91. The van der Waals surface area contributed by atoms with Crippen molar-refractivity contribution in [2.24, 2.45) is 0 Å². The molecule has 0 unspecified atom stereocenters. The quantitative estimate of drug-likeness (QED) is 0.0548. The lowest BCUT2D eigenvalue weighted by molar-refractivity contribution is -0.143. The van der Waals surface area contributed by atoms with E-state index in [4.69, 9.17) is 19.7 Å². The number of ether oxygens (including phenoxy) is 2. The van der Waals surface area contributed by atoms with Crippen LogP contribution < -0.4 is 20.7 Å². The van der Waals surface area contributed by atoms with E-state index in [0.29, 0.717) is 0 Å². The summed E-state index contributed by atoms with van der Waals surface area (Å²) in [5.41, 5.74) is 0. The number of carbonyl (C=O) groups is 7. The average molecular weight is 627 g/mol. The highest BCUT2D eigenvalue weighted by atomic mass is 32.2. The second kappa shape index (κ2) is 20.9. The van der Waals surface area contributed by atoms with Crippen LogP contribution in [0.4, 0.5) is 0 Å². The summed E-state index contributed by atoms with van der Waals surface area (Å²) in [5, 5.41) is 33.3. The molecule has 0 saturated heterocycles.